The van der Waals surface area contributed by atoms with E-state index in [9.17, 15) is 4.79 Å². The fourth-order valence-corrected chi connectivity index (χ4v) is 3.92. The molecule has 1 saturated heterocycles. The number of carbonyl (C=O) groups excluding carboxylic acids is 1. The van der Waals surface area contributed by atoms with Crippen molar-refractivity contribution in [2.45, 2.75) is 19.8 Å². The van der Waals surface area contributed by atoms with Gasteiger partial charge >= 0.3 is 0 Å². The van der Waals surface area contributed by atoms with E-state index < -0.39 is 0 Å². The van der Waals surface area contributed by atoms with E-state index in [2.05, 4.69) is 22.0 Å². The van der Waals surface area contributed by atoms with Gasteiger partial charge in [0, 0.05) is 41.3 Å². The second-order valence-corrected chi connectivity index (χ2v) is 7.16. The molecule has 27 heavy (non-hydrogen) atoms. The van der Waals surface area contributed by atoms with Crippen LogP contribution in [0.5, 0.6) is 5.75 Å². The number of carbonyl (C=O) groups is 1. The molecule has 138 valence electrons. The van der Waals surface area contributed by atoms with E-state index in [1.165, 1.54) is 5.69 Å². The number of methoxy groups -OCH3 is 1. The molecule has 1 fully saturated rings. The van der Waals surface area contributed by atoms with Crippen LogP contribution in [0.25, 0.3) is 10.9 Å². The van der Waals surface area contributed by atoms with Gasteiger partial charge in [-0.3, -0.25) is 9.78 Å². The number of rotatable bonds is 4. The van der Waals surface area contributed by atoms with Gasteiger partial charge < -0.3 is 9.64 Å². The molecule has 0 saturated carbocycles. The fraction of sp³-hybridized carbons (Fsp3) is 0.304. The topological polar surface area (TPSA) is 42.4 Å². The van der Waals surface area contributed by atoms with Crippen LogP contribution in [-0.2, 0) is 0 Å². The molecule has 3 aromatic rings. The van der Waals surface area contributed by atoms with E-state index in [-0.39, 0.29) is 11.7 Å². The molecule has 0 aliphatic carbocycles. The first-order chi connectivity index (χ1) is 13.2. The summed E-state index contributed by atoms with van der Waals surface area (Å²) in [6.45, 7) is 3.77. The maximum absolute atomic E-state index is 12.7. The highest BCUT2D eigenvalue weighted by atomic mass is 16.5. The zero-order valence-electron chi connectivity index (χ0n) is 15.8. The quantitative estimate of drug-likeness (QED) is 0.635. The highest BCUT2D eigenvalue weighted by molar-refractivity contribution is 5.98. The predicted molar refractivity (Wildman–Crippen MR) is 109 cm³/mol. The number of Topliss-reactive ketones (excluding diaryl/α,β-unsaturated/α-hetero) is 1. The van der Waals surface area contributed by atoms with Gasteiger partial charge in [-0.1, -0.05) is 30.3 Å². The maximum atomic E-state index is 12.7. The van der Waals surface area contributed by atoms with Crippen molar-refractivity contribution in [1.29, 1.82) is 0 Å². The van der Waals surface area contributed by atoms with Crippen LogP contribution < -0.4 is 9.64 Å². The van der Waals surface area contributed by atoms with Crippen LogP contribution in [0.3, 0.4) is 0 Å². The van der Waals surface area contributed by atoms with E-state index in [0.29, 0.717) is 0 Å². The molecule has 1 aliphatic heterocycles. The average molecular weight is 360 g/mol. The van der Waals surface area contributed by atoms with Gasteiger partial charge in [0.2, 0.25) is 0 Å². The molecule has 0 N–H and O–H groups in total. The Kier molecular flexibility index (Phi) is 4.80. The number of pyridine rings is 1. The van der Waals surface area contributed by atoms with Crippen LogP contribution in [0, 0.1) is 12.8 Å². The highest BCUT2D eigenvalue weighted by Gasteiger charge is 2.26. The summed E-state index contributed by atoms with van der Waals surface area (Å²) >= 11 is 0. The van der Waals surface area contributed by atoms with Gasteiger partial charge in [0.1, 0.15) is 5.75 Å². The molecule has 0 atom stereocenters. The highest BCUT2D eigenvalue weighted by Crippen LogP contribution is 2.33. The van der Waals surface area contributed by atoms with Crippen LogP contribution >= 0.6 is 0 Å². The lowest BCUT2D eigenvalue weighted by molar-refractivity contribution is 0.0900. The summed E-state index contributed by atoms with van der Waals surface area (Å²) in [5.74, 6) is 1.21. The Hall–Kier alpha value is -2.88. The smallest absolute Gasteiger partial charge is 0.166 e. The molecule has 0 spiro atoms. The first-order valence-electron chi connectivity index (χ1n) is 9.45. The number of ether oxygens (including phenoxy) is 1. The summed E-state index contributed by atoms with van der Waals surface area (Å²) in [6, 6.07) is 17.8. The number of aryl methyl sites for hydroxylation is 1. The molecule has 2 aromatic carbocycles. The minimum absolute atomic E-state index is 0.104. The van der Waals surface area contributed by atoms with Gasteiger partial charge in [-0.05, 0) is 44.0 Å². The minimum atomic E-state index is 0.104. The Bertz CT molecular complexity index is 961. The van der Waals surface area contributed by atoms with E-state index in [4.69, 9.17) is 4.74 Å². The maximum Gasteiger partial charge on any atom is 0.166 e. The van der Waals surface area contributed by atoms with Gasteiger partial charge in [-0.25, -0.2) is 0 Å². The largest absolute Gasteiger partial charge is 0.497 e. The van der Waals surface area contributed by atoms with E-state index in [0.717, 1.165) is 53.8 Å². The Labute approximate surface area is 159 Å². The van der Waals surface area contributed by atoms with Crippen LogP contribution in [0.2, 0.25) is 0 Å². The number of benzene rings is 2. The number of anilines is 1. The molecule has 4 nitrogen and oxygen atoms in total. The summed E-state index contributed by atoms with van der Waals surface area (Å²) in [7, 11) is 1.68. The lowest BCUT2D eigenvalue weighted by atomic mass is 9.88. The first kappa shape index (κ1) is 17.5. The third-order valence-corrected chi connectivity index (χ3v) is 5.39. The molecule has 1 aromatic heterocycles. The van der Waals surface area contributed by atoms with Gasteiger partial charge in [0.15, 0.2) is 5.78 Å². The van der Waals surface area contributed by atoms with Gasteiger partial charge in [0.25, 0.3) is 0 Å². The van der Waals surface area contributed by atoms with Crippen LogP contribution in [0.15, 0.2) is 54.6 Å². The van der Waals surface area contributed by atoms with Crippen molar-refractivity contribution >= 4 is 22.4 Å². The Balaban J connectivity index is 1.57. The van der Waals surface area contributed by atoms with Crippen molar-refractivity contribution in [3.05, 3.63) is 65.9 Å². The van der Waals surface area contributed by atoms with Crippen molar-refractivity contribution in [3.8, 4) is 5.75 Å². The summed E-state index contributed by atoms with van der Waals surface area (Å²) in [5, 5.41) is 1.10. The molecular weight excluding hydrogens is 336 g/mol. The third kappa shape index (κ3) is 3.52. The summed E-state index contributed by atoms with van der Waals surface area (Å²) in [5.41, 5.74) is 3.99. The molecule has 1 aliphatic rings. The summed E-state index contributed by atoms with van der Waals surface area (Å²) in [4.78, 5) is 19.8. The number of fused-ring (bicyclic) bond motifs is 1. The van der Waals surface area contributed by atoms with Gasteiger partial charge in [-0.2, -0.15) is 0 Å². The van der Waals surface area contributed by atoms with Gasteiger partial charge in [0.05, 0.1) is 12.6 Å². The standard InChI is InChI=1S/C23H24N2O2/c1-16-14-22(20-15-19(27-2)8-9-21(20)24-16)25-12-10-18(11-13-25)23(26)17-6-4-3-5-7-17/h3-9,14-15,18H,10-13H2,1-2H3. The third-order valence-electron chi connectivity index (χ3n) is 5.39. The van der Waals surface area contributed by atoms with Crippen molar-refractivity contribution in [2.75, 3.05) is 25.1 Å². The molecule has 0 bridgehead atoms. The molecule has 4 heteroatoms. The van der Waals surface area contributed by atoms with E-state index in [1.807, 2.05) is 49.4 Å². The molecule has 0 unspecified atom stereocenters. The van der Waals surface area contributed by atoms with Gasteiger partial charge in [-0.15, -0.1) is 0 Å². The Morgan fingerprint density at radius 2 is 1.81 bits per heavy atom. The van der Waals surface area contributed by atoms with Crippen molar-refractivity contribution < 1.29 is 9.53 Å². The monoisotopic (exact) mass is 360 g/mol. The van der Waals surface area contributed by atoms with Crippen LogP contribution in [-0.4, -0.2) is 31.0 Å². The molecule has 4 rings (SSSR count). The number of hydrogen-bond acceptors (Lipinski definition) is 4. The minimum Gasteiger partial charge on any atom is -0.497 e. The SMILES string of the molecule is COc1ccc2nc(C)cc(N3CCC(C(=O)c4ccccc4)CC3)c2c1. The zero-order valence-corrected chi connectivity index (χ0v) is 15.8. The number of hydrogen-bond donors (Lipinski definition) is 0. The zero-order chi connectivity index (χ0) is 18.8. The first-order valence-corrected chi connectivity index (χ1v) is 9.45. The number of ketones is 1. The van der Waals surface area contributed by atoms with Crippen LogP contribution in [0.1, 0.15) is 28.9 Å². The van der Waals surface area contributed by atoms with E-state index >= 15 is 0 Å². The summed E-state index contributed by atoms with van der Waals surface area (Å²) < 4.78 is 5.40. The normalized spacial score (nSPS) is 15.1. The fourth-order valence-electron chi connectivity index (χ4n) is 3.92. The molecule has 0 radical (unpaired) electrons. The molecule has 2 heterocycles. The van der Waals surface area contributed by atoms with Crippen molar-refractivity contribution in [1.82, 2.24) is 4.98 Å². The number of nitrogens with zero attached hydrogens (tertiary/aromatic N) is 2. The average Bonchev–Trinajstić information content (AvgIpc) is 2.73. The number of piperidine rings is 1. The molecular formula is C23H24N2O2. The predicted octanol–water partition coefficient (Wildman–Crippen LogP) is 4.65. The second-order valence-electron chi connectivity index (χ2n) is 7.16. The number of aromatic nitrogens is 1. The van der Waals surface area contributed by atoms with Crippen molar-refractivity contribution in [2.24, 2.45) is 5.92 Å². The lowest BCUT2D eigenvalue weighted by Crippen LogP contribution is -2.36. The van der Waals surface area contributed by atoms with Crippen LogP contribution in [0.4, 0.5) is 5.69 Å². The Morgan fingerprint density at radius 3 is 2.52 bits per heavy atom. The summed E-state index contributed by atoms with van der Waals surface area (Å²) in [6.07, 6.45) is 1.75. The second kappa shape index (κ2) is 7.39. The van der Waals surface area contributed by atoms with E-state index in [1.54, 1.807) is 7.11 Å². The Morgan fingerprint density at radius 1 is 1.07 bits per heavy atom. The lowest BCUT2D eigenvalue weighted by Gasteiger charge is -2.34. The molecule has 0 amide bonds. The van der Waals surface area contributed by atoms with Crippen molar-refractivity contribution in [3.63, 3.8) is 0 Å².